The van der Waals surface area contributed by atoms with E-state index in [2.05, 4.69) is 4.98 Å². The second-order valence-electron chi connectivity index (χ2n) is 6.26. The highest BCUT2D eigenvalue weighted by Crippen LogP contribution is 2.21. The third kappa shape index (κ3) is 4.31. The van der Waals surface area contributed by atoms with E-state index in [4.69, 9.17) is 5.73 Å². The summed E-state index contributed by atoms with van der Waals surface area (Å²) < 4.78 is 0. The van der Waals surface area contributed by atoms with Crippen molar-refractivity contribution in [2.45, 2.75) is 53.2 Å². The van der Waals surface area contributed by atoms with E-state index in [0.29, 0.717) is 6.54 Å². The number of carbonyl (C=O) groups excluding carboxylic acids is 1. The van der Waals surface area contributed by atoms with Gasteiger partial charge in [-0.2, -0.15) is 0 Å². The monoisotopic (exact) mass is 263 g/mol. The van der Waals surface area contributed by atoms with Crippen molar-refractivity contribution in [1.82, 2.24) is 9.88 Å². The number of nitrogens with zero attached hydrogens (tertiary/aromatic N) is 2. The molecular formula is C15H25N3O. The summed E-state index contributed by atoms with van der Waals surface area (Å²) in [7, 11) is 0. The number of hydrogen-bond acceptors (Lipinski definition) is 3. The molecule has 1 aromatic rings. The molecule has 0 fully saturated rings. The fraction of sp³-hybridized carbons (Fsp3) is 0.600. The Labute approximate surface area is 116 Å². The minimum atomic E-state index is -0.494. The van der Waals surface area contributed by atoms with Crippen LogP contribution in [0.5, 0.6) is 0 Å². The first-order chi connectivity index (χ1) is 8.73. The maximum atomic E-state index is 12.5. The molecule has 106 valence electrons. The zero-order chi connectivity index (χ0) is 14.6. The topological polar surface area (TPSA) is 59.2 Å². The zero-order valence-electron chi connectivity index (χ0n) is 12.6. The van der Waals surface area contributed by atoms with Gasteiger partial charge in [-0.15, -0.1) is 0 Å². The Hall–Kier alpha value is -1.42. The number of amides is 1. The average molecular weight is 263 g/mol. The van der Waals surface area contributed by atoms with Gasteiger partial charge in [0.25, 0.3) is 0 Å². The van der Waals surface area contributed by atoms with Gasteiger partial charge in [-0.1, -0.05) is 26.8 Å². The van der Waals surface area contributed by atoms with Crippen LogP contribution in [-0.2, 0) is 11.3 Å². The van der Waals surface area contributed by atoms with Crippen LogP contribution in [0.4, 0.5) is 0 Å². The van der Waals surface area contributed by atoms with Crippen LogP contribution in [0.15, 0.2) is 24.5 Å². The van der Waals surface area contributed by atoms with E-state index >= 15 is 0 Å². The molecule has 2 N–H and O–H groups in total. The molecule has 0 unspecified atom stereocenters. The molecule has 0 aromatic carbocycles. The van der Waals surface area contributed by atoms with E-state index in [9.17, 15) is 4.79 Å². The van der Waals surface area contributed by atoms with Crippen LogP contribution >= 0.6 is 0 Å². The molecule has 1 heterocycles. The van der Waals surface area contributed by atoms with Gasteiger partial charge in [0.1, 0.15) is 0 Å². The molecule has 0 aliphatic rings. The van der Waals surface area contributed by atoms with Crippen LogP contribution in [0.3, 0.4) is 0 Å². The van der Waals surface area contributed by atoms with Gasteiger partial charge >= 0.3 is 0 Å². The Bertz CT molecular complexity index is 409. The van der Waals surface area contributed by atoms with Crippen molar-refractivity contribution in [3.63, 3.8) is 0 Å². The molecule has 0 saturated carbocycles. The summed E-state index contributed by atoms with van der Waals surface area (Å²) in [5, 5.41) is 0. The smallest absolute Gasteiger partial charge is 0.240 e. The third-order valence-electron chi connectivity index (χ3n) is 3.18. The lowest BCUT2D eigenvalue weighted by Gasteiger charge is -2.34. The van der Waals surface area contributed by atoms with E-state index in [-0.39, 0.29) is 17.4 Å². The first-order valence-electron chi connectivity index (χ1n) is 6.68. The van der Waals surface area contributed by atoms with Gasteiger partial charge in [-0.05, 0) is 30.9 Å². The van der Waals surface area contributed by atoms with Gasteiger partial charge in [-0.25, -0.2) is 0 Å². The predicted octanol–water partition coefficient (Wildman–Crippen LogP) is 2.19. The third-order valence-corrected chi connectivity index (χ3v) is 3.18. The average Bonchev–Trinajstić information content (AvgIpc) is 2.34. The number of hydrogen-bond donors (Lipinski definition) is 1. The van der Waals surface area contributed by atoms with Crippen LogP contribution in [0, 0.1) is 5.41 Å². The lowest BCUT2D eigenvalue weighted by molar-refractivity contribution is -0.137. The Balaban J connectivity index is 2.87. The molecule has 4 heteroatoms. The van der Waals surface area contributed by atoms with Gasteiger partial charge in [0, 0.05) is 25.0 Å². The molecular weight excluding hydrogens is 238 g/mol. The fourth-order valence-corrected chi connectivity index (χ4v) is 1.75. The number of rotatable bonds is 4. The molecule has 1 rings (SSSR count). The standard InChI is InChI=1S/C15H25N3O/c1-11(2)18(10-12-7-6-8-17-9-12)14(19)13(16)15(3,4)5/h6-9,11,13H,10,16H2,1-5H3/t13-/m0/s1. The van der Waals surface area contributed by atoms with Gasteiger partial charge in [-0.3, -0.25) is 9.78 Å². The van der Waals surface area contributed by atoms with E-state index in [1.54, 1.807) is 12.4 Å². The van der Waals surface area contributed by atoms with E-state index in [0.717, 1.165) is 5.56 Å². The Morgan fingerprint density at radius 1 is 1.42 bits per heavy atom. The van der Waals surface area contributed by atoms with E-state index < -0.39 is 6.04 Å². The molecule has 4 nitrogen and oxygen atoms in total. The van der Waals surface area contributed by atoms with Crippen molar-refractivity contribution in [3.05, 3.63) is 30.1 Å². The fourth-order valence-electron chi connectivity index (χ4n) is 1.75. The van der Waals surface area contributed by atoms with Gasteiger partial charge in [0.15, 0.2) is 0 Å². The molecule has 1 amide bonds. The van der Waals surface area contributed by atoms with Crippen molar-refractivity contribution in [1.29, 1.82) is 0 Å². The summed E-state index contributed by atoms with van der Waals surface area (Å²) in [6, 6.07) is 3.47. The number of carbonyl (C=O) groups is 1. The molecule has 0 radical (unpaired) electrons. The quantitative estimate of drug-likeness (QED) is 0.906. The lowest BCUT2D eigenvalue weighted by atomic mass is 9.86. The van der Waals surface area contributed by atoms with Crippen molar-refractivity contribution in [2.24, 2.45) is 11.1 Å². The zero-order valence-corrected chi connectivity index (χ0v) is 12.6. The van der Waals surface area contributed by atoms with Crippen LogP contribution in [-0.4, -0.2) is 27.9 Å². The molecule has 0 saturated heterocycles. The Morgan fingerprint density at radius 3 is 2.47 bits per heavy atom. The van der Waals surface area contributed by atoms with Crippen molar-refractivity contribution < 1.29 is 4.79 Å². The largest absolute Gasteiger partial charge is 0.335 e. The SMILES string of the molecule is CC(C)N(Cc1cccnc1)C(=O)[C@H](N)C(C)(C)C. The predicted molar refractivity (Wildman–Crippen MR) is 77.4 cm³/mol. The first kappa shape index (κ1) is 15.6. The Morgan fingerprint density at radius 2 is 2.05 bits per heavy atom. The molecule has 1 aromatic heterocycles. The Kier molecular flexibility index (Phi) is 5.06. The summed E-state index contributed by atoms with van der Waals surface area (Å²) >= 11 is 0. The molecule has 0 bridgehead atoms. The summed E-state index contributed by atoms with van der Waals surface area (Å²) in [6.07, 6.45) is 3.51. The summed E-state index contributed by atoms with van der Waals surface area (Å²) in [5.41, 5.74) is 6.86. The van der Waals surface area contributed by atoms with Gasteiger partial charge < -0.3 is 10.6 Å². The number of aromatic nitrogens is 1. The number of pyridine rings is 1. The highest BCUT2D eigenvalue weighted by atomic mass is 16.2. The summed E-state index contributed by atoms with van der Waals surface area (Å²) in [6.45, 7) is 10.5. The molecule has 0 aliphatic carbocycles. The van der Waals surface area contributed by atoms with Crippen LogP contribution < -0.4 is 5.73 Å². The van der Waals surface area contributed by atoms with E-state index in [1.165, 1.54) is 0 Å². The minimum absolute atomic E-state index is 0.00801. The number of nitrogens with two attached hydrogens (primary N) is 1. The van der Waals surface area contributed by atoms with Crippen molar-refractivity contribution >= 4 is 5.91 Å². The van der Waals surface area contributed by atoms with Crippen molar-refractivity contribution in [2.75, 3.05) is 0 Å². The van der Waals surface area contributed by atoms with Crippen LogP contribution in [0.2, 0.25) is 0 Å². The maximum Gasteiger partial charge on any atom is 0.240 e. The summed E-state index contributed by atoms with van der Waals surface area (Å²) in [4.78, 5) is 18.4. The van der Waals surface area contributed by atoms with Crippen LogP contribution in [0.25, 0.3) is 0 Å². The van der Waals surface area contributed by atoms with Gasteiger partial charge in [0.2, 0.25) is 5.91 Å². The first-order valence-corrected chi connectivity index (χ1v) is 6.68. The maximum absolute atomic E-state index is 12.5. The van der Waals surface area contributed by atoms with Crippen molar-refractivity contribution in [3.8, 4) is 0 Å². The second kappa shape index (κ2) is 6.15. The molecule has 1 atom stereocenters. The highest BCUT2D eigenvalue weighted by molar-refractivity contribution is 5.82. The highest BCUT2D eigenvalue weighted by Gasteiger charge is 2.32. The molecule has 19 heavy (non-hydrogen) atoms. The van der Waals surface area contributed by atoms with Gasteiger partial charge in [0.05, 0.1) is 6.04 Å². The summed E-state index contributed by atoms with van der Waals surface area (Å²) in [5.74, 6) is -0.00801. The van der Waals surface area contributed by atoms with E-state index in [1.807, 2.05) is 51.7 Å². The van der Waals surface area contributed by atoms with Crippen LogP contribution in [0.1, 0.15) is 40.2 Å². The normalized spacial score (nSPS) is 13.4. The second-order valence-corrected chi connectivity index (χ2v) is 6.26. The molecule has 0 spiro atoms. The minimum Gasteiger partial charge on any atom is -0.335 e. The lowest BCUT2D eigenvalue weighted by Crippen LogP contribution is -2.52. The molecule has 0 aliphatic heterocycles.